The highest BCUT2D eigenvalue weighted by Gasteiger charge is 2.37. The molecule has 184 valence electrons. The van der Waals surface area contributed by atoms with Crippen molar-refractivity contribution in [2.24, 2.45) is 11.3 Å². The van der Waals surface area contributed by atoms with Gasteiger partial charge in [0.15, 0.2) is 0 Å². The highest BCUT2D eigenvalue weighted by molar-refractivity contribution is 6.55. The number of carbonyl (C=O) groups is 1. The molecule has 2 rings (SSSR count). The largest absolute Gasteiger partial charge is 0.299 e. The maximum Gasteiger partial charge on any atom is 0.141 e. The zero-order valence-electron chi connectivity index (χ0n) is 22.6. The molecule has 1 nitrogen and oxygen atoms in total. The standard InChI is InChI=1S/C29H56B2O/c1-4-6-8-12-22-28(3,21-7-5-2)27(32)25-17-15-19-26(20-16-18-25)31-29(30)23-13-10-9-11-14-24-29/h25-26,31H,4-24,30H2,1-3H3. The molecule has 2 saturated carbocycles. The first kappa shape index (κ1) is 28.0. The monoisotopic (exact) mass is 442 g/mol. The van der Waals surface area contributed by atoms with E-state index in [1.54, 1.807) is 0 Å². The van der Waals surface area contributed by atoms with Crippen LogP contribution in [0.3, 0.4) is 0 Å². The van der Waals surface area contributed by atoms with Crippen LogP contribution in [-0.2, 0) is 4.79 Å². The Morgan fingerprint density at radius 3 is 1.97 bits per heavy atom. The van der Waals surface area contributed by atoms with Gasteiger partial charge in [0.2, 0.25) is 0 Å². The van der Waals surface area contributed by atoms with Gasteiger partial charge in [-0.3, -0.25) is 4.79 Å². The molecular weight excluding hydrogens is 386 g/mol. The molecule has 0 heterocycles. The van der Waals surface area contributed by atoms with Crippen molar-refractivity contribution >= 4 is 20.9 Å². The molecule has 0 aromatic carbocycles. The van der Waals surface area contributed by atoms with E-state index in [0.29, 0.717) is 16.9 Å². The zero-order valence-corrected chi connectivity index (χ0v) is 22.6. The van der Waals surface area contributed by atoms with E-state index in [9.17, 15) is 4.79 Å². The molecule has 0 aromatic heterocycles. The number of hydrogen-bond acceptors (Lipinski definition) is 1. The van der Waals surface area contributed by atoms with Gasteiger partial charge in [-0.05, 0) is 25.7 Å². The normalized spacial score (nSPS) is 26.7. The van der Waals surface area contributed by atoms with Gasteiger partial charge in [0.1, 0.15) is 13.1 Å². The Labute approximate surface area is 203 Å². The quantitative estimate of drug-likeness (QED) is 0.219. The summed E-state index contributed by atoms with van der Waals surface area (Å²) in [5.74, 6) is 1.91. The Morgan fingerprint density at radius 1 is 0.812 bits per heavy atom. The van der Waals surface area contributed by atoms with Crippen LogP contribution in [0.4, 0.5) is 0 Å². The summed E-state index contributed by atoms with van der Waals surface area (Å²) < 4.78 is 0. The number of Topliss-reactive ketones (excluding diaryl/α,β-unsaturated/α-hetero) is 1. The molecule has 0 radical (unpaired) electrons. The summed E-state index contributed by atoms with van der Waals surface area (Å²) in [4.78, 5) is 13.8. The number of carbonyl (C=O) groups excluding carboxylic acids is 1. The minimum atomic E-state index is -0.0562. The van der Waals surface area contributed by atoms with E-state index < -0.39 is 0 Å². The first-order chi connectivity index (χ1) is 15.4. The fourth-order valence-electron chi connectivity index (χ4n) is 7.09. The predicted octanol–water partition coefficient (Wildman–Crippen LogP) is 8.41. The molecular formula is C29H56B2O. The van der Waals surface area contributed by atoms with E-state index in [1.807, 2.05) is 0 Å². The second-order valence-electron chi connectivity index (χ2n) is 12.5. The first-order valence-electron chi connectivity index (χ1n) is 15.0. The maximum absolute atomic E-state index is 13.8. The van der Waals surface area contributed by atoms with Crippen LogP contribution in [0.1, 0.15) is 156 Å². The summed E-state index contributed by atoms with van der Waals surface area (Å²) in [6.07, 6.45) is 27.7. The molecule has 0 saturated heterocycles. The Hall–Kier alpha value is -0.200. The van der Waals surface area contributed by atoms with Crippen LogP contribution in [-0.4, -0.2) is 20.9 Å². The van der Waals surface area contributed by atoms with Gasteiger partial charge in [-0.25, -0.2) is 0 Å². The van der Waals surface area contributed by atoms with Crippen LogP contribution in [0.15, 0.2) is 0 Å². The van der Waals surface area contributed by atoms with E-state index in [2.05, 4.69) is 28.6 Å². The molecule has 3 heteroatoms. The van der Waals surface area contributed by atoms with Gasteiger partial charge in [-0.15, -0.1) is 0 Å². The summed E-state index contributed by atoms with van der Waals surface area (Å²) in [5.41, 5.74) is -0.0562. The molecule has 2 aliphatic rings. The smallest absolute Gasteiger partial charge is 0.141 e. The number of rotatable bonds is 12. The van der Waals surface area contributed by atoms with E-state index in [1.165, 1.54) is 129 Å². The molecule has 1 unspecified atom stereocenters. The number of hydrogen-bond donors (Lipinski definition) is 0. The van der Waals surface area contributed by atoms with E-state index in [0.717, 1.165) is 18.7 Å². The lowest BCUT2D eigenvalue weighted by molar-refractivity contribution is -0.133. The van der Waals surface area contributed by atoms with Crippen LogP contribution in [0.2, 0.25) is 11.0 Å². The highest BCUT2D eigenvalue weighted by Crippen LogP contribution is 2.43. The maximum atomic E-state index is 13.8. The second-order valence-corrected chi connectivity index (χ2v) is 12.5. The summed E-state index contributed by atoms with van der Waals surface area (Å²) >= 11 is 0. The van der Waals surface area contributed by atoms with Crippen LogP contribution in [0.25, 0.3) is 0 Å². The summed E-state index contributed by atoms with van der Waals surface area (Å²) in [7, 11) is 4.05. The molecule has 0 aliphatic heterocycles. The molecule has 0 bridgehead atoms. The van der Waals surface area contributed by atoms with Gasteiger partial charge in [-0.2, -0.15) is 0 Å². The topological polar surface area (TPSA) is 17.1 Å². The molecule has 32 heavy (non-hydrogen) atoms. The van der Waals surface area contributed by atoms with Gasteiger partial charge in [0.05, 0.1) is 7.85 Å². The van der Waals surface area contributed by atoms with Crippen molar-refractivity contribution in [3.8, 4) is 0 Å². The van der Waals surface area contributed by atoms with Gasteiger partial charge in [0.25, 0.3) is 0 Å². The minimum Gasteiger partial charge on any atom is -0.299 e. The molecule has 0 aromatic rings. The Kier molecular flexibility index (Phi) is 13.1. The van der Waals surface area contributed by atoms with E-state index in [-0.39, 0.29) is 5.41 Å². The van der Waals surface area contributed by atoms with Gasteiger partial charge >= 0.3 is 0 Å². The van der Waals surface area contributed by atoms with Gasteiger partial charge in [-0.1, -0.05) is 141 Å². The molecule has 2 aliphatic carbocycles. The fraction of sp³-hybridized carbons (Fsp3) is 0.966. The van der Waals surface area contributed by atoms with Crippen molar-refractivity contribution in [2.75, 3.05) is 0 Å². The molecule has 1 atom stereocenters. The van der Waals surface area contributed by atoms with Crippen molar-refractivity contribution in [3.63, 3.8) is 0 Å². The summed E-state index contributed by atoms with van der Waals surface area (Å²) in [5, 5.41) is 0.594. The lowest BCUT2D eigenvalue weighted by atomic mass is 9.34. The molecule has 0 amide bonds. The third-order valence-electron chi connectivity index (χ3n) is 9.30. The van der Waals surface area contributed by atoms with Gasteiger partial charge in [0, 0.05) is 11.3 Å². The zero-order chi connectivity index (χ0) is 23.3. The Balaban J connectivity index is 1.88. The van der Waals surface area contributed by atoms with Gasteiger partial charge < -0.3 is 0 Å². The summed E-state index contributed by atoms with van der Waals surface area (Å²) in [6.45, 7) is 6.88. The minimum absolute atomic E-state index is 0.0562. The highest BCUT2D eigenvalue weighted by atomic mass is 16.1. The third kappa shape index (κ3) is 9.58. The number of unbranched alkanes of at least 4 members (excludes halogenated alkanes) is 4. The number of ketones is 1. The van der Waals surface area contributed by atoms with E-state index >= 15 is 0 Å². The lowest BCUT2D eigenvalue weighted by Gasteiger charge is -2.36. The van der Waals surface area contributed by atoms with Crippen LogP contribution in [0, 0.1) is 11.3 Å². The average Bonchev–Trinajstić information content (AvgIpc) is 2.74. The average molecular weight is 442 g/mol. The van der Waals surface area contributed by atoms with Crippen molar-refractivity contribution in [1.29, 1.82) is 0 Å². The molecule has 0 N–H and O–H groups in total. The Morgan fingerprint density at radius 2 is 1.38 bits per heavy atom. The summed E-state index contributed by atoms with van der Waals surface area (Å²) in [6, 6.07) is 0. The van der Waals surface area contributed by atoms with Crippen LogP contribution in [0.5, 0.6) is 0 Å². The predicted molar refractivity (Wildman–Crippen MR) is 147 cm³/mol. The van der Waals surface area contributed by atoms with Crippen molar-refractivity contribution in [1.82, 2.24) is 0 Å². The van der Waals surface area contributed by atoms with E-state index in [4.69, 9.17) is 0 Å². The lowest BCUT2D eigenvalue weighted by Crippen LogP contribution is -2.34. The van der Waals surface area contributed by atoms with Crippen molar-refractivity contribution in [3.05, 3.63) is 0 Å². The fourth-order valence-corrected chi connectivity index (χ4v) is 7.09. The second kappa shape index (κ2) is 14.9. The Bertz CT molecular complexity index is 501. The molecule has 0 spiro atoms. The van der Waals surface area contributed by atoms with Crippen LogP contribution >= 0.6 is 0 Å². The molecule has 2 fully saturated rings. The first-order valence-corrected chi connectivity index (χ1v) is 15.0. The van der Waals surface area contributed by atoms with Crippen molar-refractivity contribution in [2.45, 2.75) is 167 Å². The van der Waals surface area contributed by atoms with Crippen LogP contribution < -0.4 is 0 Å². The third-order valence-corrected chi connectivity index (χ3v) is 9.30. The van der Waals surface area contributed by atoms with Crippen molar-refractivity contribution < 1.29 is 4.79 Å². The SMILES string of the molecule is BC1(BC2CCCC(C(=O)C(C)(CCCC)CCCCCC)CCC2)CCCCCCC1.